The maximum atomic E-state index is 2.61. The topological polar surface area (TPSA) is 0 Å². The van der Waals surface area contributed by atoms with Crippen LogP contribution in [0.5, 0.6) is 0 Å². The lowest BCUT2D eigenvalue weighted by Crippen LogP contribution is -2.45. The van der Waals surface area contributed by atoms with Crippen LogP contribution in [0.25, 0.3) is 23.8 Å². The first kappa shape index (κ1) is 28.8. The average Bonchev–Trinajstić information content (AvgIpc) is 3.86. The van der Waals surface area contributed by atoms with Crippen molar-refractivity contribution in [2.24, 2.45) is 5.92 Å². The normalized spacial score (nSPS) is 19.1. The molecule has 1 saturated carbocycles. The number of rotatable bonds is 7. The largest absolute Gasteiger partial charge is 0.0763 e. The van der Waals surface area contributed by atoms with Crippen molar-refractivity contribution in [3.63, 3.8) is 0 Å². The van der Waals surface area contributed by atoms with E-state index in [2.05, 4.69) is 176 Å². The molecule has 0 aliphatic heterocycles. The van der Waals surface area contributed by atoms with E-state index in [1.165, 1.54) is 59.4 Å². The molecule has 1 fully saturated rings. The van der Waals surface area contributed by atoms with Gasteiger partial charge in [0.2, 0.25) is 0 Å². The van der Waals surface area contributed by atoms with Crippen LogP contribution in [0.15, 0.2) is 158 Å². The fourth-order valence-electron chi connectivity index (χ4n) is 8.08. The maximum absolute atomic E-state index is 2.61. The number of hydrogen-bond acceptors (Lipinski definition) is 0. The van der Waals surface area contributed by atoms with E-state index in [9.17, 15) is 0 Å². The van der Waals surface area contributed by atoms with Crippen molar-refractivity contribution in [2.75, 3.05) is 0 Å². The highest BCUT2D eigenvalue weighted by Gasteiger charge is 2.62. The summed E-state index contributed by atoms with van der Waals surface area (Å²) in [6.07, 6.45) is 11.0. The van der Waals surface area contributed by atoms with Crippen molar-refractivity contribution < 1.29 is 0 Å². The molecule has 0 radical (unpaired) electrons. The molecular weight excluding hydrogens is 602 g/mol. The summed E-state index contributed by atoms with van der Waals surface area (Å²) >= 11 is 0. The summed E-state index contributed by atoms with van der Waals surface area (Å²) in [4.78, 5) is 0. The highest BCUT2D eigenvalue weighted by molar-refractivity contribution is 7.80. The molecule has 2 heteroatoms. The van der Waals surface area contributed by atoms with Crippen LogP contribution in [0.4, 0.5) is 0 Å². The molecule has 0 aromatic heterocycles. The van der Waals surface area contributed by atoms with Crippen molar-refractivity contribution >= 4 is 66.2 Å². The number of benzene rings is 6. The van der Waals surface area contributed by atoms with Crippen molar-refractivity contribution in [1.29, 1.82) is 0 Å². The van der Waals surface area contributed by atoms with Gasteiger partial charge in [0.25, 0.3) is 0 Å². The third kappa shape index (κ3) is 4.90. The molecule has 6 aromatic rings. The highest BCUT2D eigenvalue weighted by Crippen LogP contribution is 2.72. The maximum Gasteiger partial charge on any atom is 0.0316 e. The van der Waals surface area contributed by atoms with Crippen molar-refractivity contribution in [2.45, 2.75) is 24.4 Å². The fourth-order valence-corrected chi connectivity index (χ4v) is 14.0. The second-order valence-corrected chi connectivity index (χ2v) is 17.5. The lowest BCUT2D eigenvalue weighted by molar-refractivity contribution is 1.05. The van der Waals surface area contributed by atoms with Gasteiger partial charge in [-0.05, 0) is 99.6 Å². The summed E-state index contributed by atoms with van der Waals surface area (Å²) in [6.45, 7) is 0. The molecule has 0 bridgehead atoms. The lowest BCUT2D eigenvalue weighted by atomic mass is 9.89. The van der Waals surface area contributed by atoms with Gasteiger partial charge in [-0.1, -0.05) is 176 Å². The van der Waals surface area contributed by atoms with Crippen LogP contribution in [0.1, 0.15) is 24.8 Å². The minimum atomic E-state index is -0.805. The zero-order valence-corrected chi connectivity index (χ0v) is 28.1. The molecule has 0 nitrogen and oxygen atoms in total. The van der Waals surface area contributed by atoms with E-state index in [0.29, 0.717) is 5.92 Å². The summed E-state index contributed by atoms with van der Waals surface area (Å²) in [7, 11) is -1.51. The number of hydrogen-bond donors (Lipinski definition) is 0. The first-order valence-corrected chi connectivity index (χ1v) is 19.5. The summed E-state index contributed by atoms with van der Waals surface area (Å²) in [5.74, 6) is 0.495. The lowest BCUT2D eigenvalue weighted by Gasteiger charge is -2.36. The smallest absolute Gasteiger partial charge is 0.0316 e. The third-order valence-corrected chi connectivity index (χ3v) is 15.8. The van der Waals surface area contributed by atoms with Gasteiger partial charge >= 0.3 is 0 Å². The molecule has 0 saturated heterocycles. The van der Waals surface area contributed by atoms with Crippen LogP contribution in [0, 0.1) is 5.92 Å². The van der Waals surface area contributed by atoms with E-state index in [0.717, 1.165) is 12.8 Å². The quantitative estimate of drug-likeness (QED) is 0.198. The molecule has 0 heterocycles. The van der Waals surface area contributed by atoms with Gasteiger partial charge in [0.05, 0.1) is 0 Å². The van der Waals surface area contributed by atoms with E-state index < -0.39 is 15.8 Å². The molecule has 3 aliphatic rings. The molecular formula is C45H36P2. The minimum Gasteiger partial charge on any atom is -0.0763 e. The van der Waals surface area contributed by atoms with Gasteiger partial charge in [0, 0.05) is 5.16 Å². The molecule has 6 aromatic carbocycles. The molecule has 2 atom stereocenters. The first-order chi connectivity index (χ1) is 23.3. The Morgan fingerprint density at radius 1 is 0.489 bits per heavy atom. The SMILES string of the molecule is C1=c2ccccc2=C(c2c(P(c3ccccc3)c3ccccc3)ccc3c2=CCCC=3)C2(P(c3ccccc3)c3ccccc3)CC12. The zero-order valence-electron chi connectivity index (χ0n) is 26.3. The van der Waals surface area contributed by atoms with Gasteiger partial charge < -0.3 is 0 Å². The van der Waals surface area contributed by atoms with Gasteiger partial charge in [-0.3, -0.25) is 0 Å². The van der Waals surface area contributed by atoms with Crippen LogP contribution < -0.4 is 47.4 Å². The molecule has 0 amide bonds. The van der Waals surface area contributed by atoms with Crippen LogP contribution in [0.3, 0.4) is 0 Å². The van der Waals surface area contributed by atoms with Gasteiger partial charge in [0.15, 0.2) is 0 Å². The van der Waals surface area contributed by atoms with Crippen LogP contribution in [-0.2, 0) is 0 Å². The van der Waals surface area contributed by atoms with E-state index in [-0.39, 0.29) is 5.16 Å². The Morgan fingerprint density at radius 2 is 1.02 bits per heavy atom. The summed E-state index contributed by atoms with van der Waals surface area (Å²) in [5.41, 5.74) is 3.08. The number of fused-ring (bicyclic) bond motifs is 3. The molecule has 226 valence electrons. The van der Waals surface area contributed by atoms with Gasteiger partial charge in [-0.25, -0.2) is 0 Å². The Balaban J connectivity index is 1.42. The van der Waals surface area contributed by atoms with Crippen LogP contribution in [0.2, 0.25) is 0 Å². The predicted octanol–water partition coefficient (Wildman–Crippen LogP) is 5.68. The molecule has 47 heavy (non-hydrogen) atoms. The first-order valence-electron chi connectivity index (χ1n) is 16.8. The molecule has 2 unspecified atom stereocenters. The predicted molar refractivity (Wildman–Crippen MR) is 205 cm³/mol. The Kier molecular flexibility index (Phi) is 7.39. The van der Waals surface area contributed by atoms with Crippen molar-refractivity contribution in [3.8, 4) is 0 Å². The molecule has 0 N–H and O–H groups in total. The van der Waals surface area contributed by atoms with Crippen molar-refractivity contribution in [1.82, 2.24) is 0 Å². The van der Waals surface area contributed by atoms with E-state index in [1.807, 2.05) is 0 Å². The summed E-state index contributed by atoms with van der Waals surface area (Å²) in [6, 6.07) is 59.6. The second kappa shape index (κ2) is 12.0. The molecule has 0 spiro atoms. The van der Waals surface area contributed by atoms with E-state index in [4.69, 9.17) is 0 Å². The van der Waals surface area contributed by atoms with Crippen LogP contribution in [-0.4, -0.2) is 5.16 Å². The fraction of sp³-hybridized carbons (Fsp3) is 0.111. The van der Waals surface area contributed by atoms with E-state index >= 15 is 0 Å². The summed E-state index contributed by atoms with van der Waals surface area (Å²) < 4.78 is 0. The summed E-state index contributed by atoms with van der Waals surface area (Å²) in [5, 5.41) is 12.9. The average molecular weight is 639 g/mol. The Labute approximate surface area is 279 Å². The Morgan fingerprint density at radius 3 is 1.64 bits per heavy atom. The third-order valence-electron chi connectivity index (χ3n) is 10.1. The second-order valence-electron chi connectivity index (χ2n) is 12.8. The zero-order chi connectivity index (χ0) is 31.2. The monoisotopic (exact) mass is 638 g/mol. The van der Waals surface area contributed by atoms with Crippen LogP contribution >= 0.6 is 15.8 Å². The Hall–Kier alpha value is -4.34. The van der Waals surface area contributed by atoms with Gasteiger partial charge in [-0.15, -0.1) is 0 Å². The molecule has 3 aliphatic carbocycles. The minimum absolute atomic E-state index is 0.00985. The van der Waals surface area contributed by atoms with Gasteiger partial charge in [0.1, 0.15) is 0 Å². The molecule has 9 rings (SSSR count). The van der Waals surface area contributed by atoms with Crippen molar-refractivity contribution in [3.05, 3.63) is 184 Å². The Bertz CT molecular complexity index is 2250. The van der Waals surface area contributed by atoms with E-state index in [1.54, 1.807) is 5.57 Å². The van der Waals surface area contributed by atoms with Gasteiger partial charge in [-0.2, -0.15) is 0 Å². The highest BCUT2D eigenvalue weighted by atomic mass is 31.1. The standard InChI is InChI=1S/C45H36P2/c1-5-19-36(20-6-1)46(37-21-7-2-8-22-37)42-30-29-33-17-13-15-27-40(33)43(42)44-41-28-16-14-18-34(41)31-35-32-45(35,44)47(38-23-9-3-10-24-38)39-25-11-4-12-26-39/h1-12,14,16-31,35H,13,15,32H2.